The second kappa shape index (κ2) is 7.54. The minimum absolute atomic E-state index is 0.622. The van der Waals surface area contributed by atoms with E-state index in [0.29, 0.717) is 5.88 Å². The van der Waals surface area contributed by atoms with Gasteiger partial charge in [0.2, 0.25) is 0 Å². The Morgan fingerprint density at radius 3 is 2.21 bits per heavy atom. The van der Waals surface area contributed by atoms with Gasteiger partial charge in [-0.1, -0.05) is 60.1 Å². The molecule has 2 aromatic rings. The molecule has 0 spiro atoms. The highest BCUT2D eigenvalue weighted by molar-refractivity contribution is 6.31. The van der Waals surface area contributed by atoms with Gasteiger partial charge in [-0.15, -0.1) is 11.6 Å². The third-order valence-corrected chi connectivity index (χ3v) is 3.54. The number of alkyl halides is 1. The maximum atomic E-state index is 6.21. The van der Waals surface area contributed by atoms with Crippen molar-refractivity contribution in [2.45, 2.75) is 13.1 Å². The Morgan fingerprint density at radius 1 is 0.842 bits per heavy atom. The van der Waals surface area contributed by atoms with E-state index in [1.807, 2.05) is 24.3 Å². The predicted octanol–water partition coefficient (Wildman–Crippen LogP) is 4.58. The molecule has 0 aliphatic heterocycles. The standard InChI is InChI=1S/C16H17Cl2N/c17-10-11-19(12-14-6-2-1-3-7-14)13-15-8-4-5-9-16(15)18/h1-9H,10-13H2. The Kier molecular flexibility index (Phi) is 5.71. The molecule has 2 aromatic carbocycles. The number of nitrogens with zero attached hydrogens (tertiary/aromatic N) is 1. The van der Waals surface area contributed by atoms with Gasteiger partial charge < -0.3 is 0 Å². The summed E-state index contributed by atoms with van der Waals surface area (Å²) in [5.41, 5.74) is 2.44. The highest BCUT2D eigenvalue weighted by Gasteiger charge is 2.08. The lowest BCUT2D eigenvalue weighted by Gasteiger charge is -2.22. The van der Waals surface area contributed by atoms with E-state index in [-0.39, 0.29) is 0 Å². The Balaban J connectivity index is 2.06. The zero-order chi connectivity index (χ0) is 13.5. The quantitative estimate of drug-likeness (QED) is 0.705. The summed E-state index contributed by atoms with van der Waals surface area (Å²) >= 11 is 12.1. The highest BCUT2D eigenvalue weighted by atomic mass is 35.5. The molecular weight excluding hydrogens is 277 g/mol. The van der Waals surface area contributed by atoms with Gasteiger partial charge in [-0.2, -0.15) is 0 Å². The molecule has 0 aromatic heterocycles. The summed E-state index contributed by atoms with van der Waals surface area (Å²) in [6.45, 7) is 2.56. The van der Waals surface area contributed by atoms with Crippen LogP contribution in [0.2, 0.25) is 5.02 Å². The SMILES string of the molecule is ClCCN(Cc1ccccc1)Cc1ccccc1Cl. The van der Waals surface area contributed by atoms with Crippen molar-refractivity contribution in [2.75, 3.05) is 12.4 Å². The fraction of sp³-hybridized carbons (Fsp3) is 0.250. The second-order valence-corrected chi connectivity index (χ2v) is 5.26. The molecule has 0 atom stereocenters. The van der Waals surface area contributed by atoms with Gasteiger partial charge >= 0.3 is 0 Å². The van der Waals surface area contributed by atoms with Crippen molar-refractivity contribution in [1.82, 2.24) is 4.90 Å². The van der Waals surface area contributed by atoms with E-state index in [0.717, 1.165) is 30.2 Å². The topological polar surface area (TPSA) is 3.24 Å². The first kappa shape index (κ1) is 14.4. The van der Waals surface area contributed by atoms with E-state index in [2.05, 4.69) is 35.2 Å². The van der Waals surface area contributed by atoms with Gasteiger partial charge in [0.15, 0.2) is 0 Å². The lowest BCUT2D eigenvalue weighted by molar-refractivity contribution is 0.273. The van der Waals surface area contributed by atoms with E-state index in [1.54, 1.807) is 0 Å². The Hall–Kier alpha value is -1.02. The summed E-state index contributed by atoms with van der Waals surface area (Å²) in [4.78, 5) is 2.31. The van der Waals surface area contributed by atoms with Crippen LogP contribution in [0.4, 0.5) is 0 Å². The second-order valence-electron chi connectivity index (χ2n) is 4.48. The summed E-state index contributed by atoms with van der Waals surface area (Å²) in [7, 11) is 0. The average Bonchev–Trinajstić information content (AvgIpc) is 2.43. The smallest absolute Gasteiger partial charge is 0.0451 e. The van der Waals surface area contributed by atoms with E-state index in [9.17, 15) is 0 Å². The van der Waals surface area contributed by atoms with Crippen molar-refractivity contribution in [1.29, 1.82) is 0 Å². The summed E-state index contributed by atoms with van der Waals surface area (Å²) in [5, 5.41) is 0.815. The first-order valence-corrected chi connectivity index (χ1v) is 7.26. The monoisotopic (exact) mass is 293 g/mol. The van der Waals surface area contributed by atoms with E-state index in [4.69, 9.17) is 23.2 Å². The van der Waals surface area contributed by atoms with Crippen LogP contribution in [-0.4, -0.2) is 17.3 Å². The Morgan fingerprint density at radius 2 is 1.53 bits per heavy atom. The van der Waals surface area contributed by atoms with Crippen molar-refractivity contribution >= 4 is 23.2 Å². The van der Waals surface area contributed by atoms with Crippen molar-refractivity contribution in [2.24, 2.45) is 0 Å². The summed E-state index contributed by atoms with van der Waals surface area (Å²) in [5.74, 6) is 0.622. The maximum absolute atomic E-state index is 6.21. The Labute approximate surface area is 124 Å². The van der Waals surface area contributed by atoms with Gasteiger partial charge in [-0.25, -0.2) is 0 Å². The number of hydrogen-bond acceptors (Lipinski definition) is 1. The molecule has 0 unspecified atom stereocenters. The van der Waals surface area contributed by atoms with E-state index >= 15 is 0 Å². The summed E-state index contributed by atoms with van der Waals surface area (Å²) in [6.07, 6.45) is 0. The fourth-order valence-corrected chi connectivity index (χ4v) is 2.48. The molecule has 1 nitrogen and oxygen atoms in total. The number of halogens is 2. The van der Waals surface area contributed by atoms with Gasteiger partial charge in [0.05, 0.1) is 0 Å². The van der Waals surface area contributed by atoms with Gasteiger partial charge in [-0.3, -0.25) is 4.90 Å². The molecule has 0 heterocycles. The van der Waals surface area contributed by atoms with Crippen molar-refractivity contribution < 1.29 is 0 Å². The minimum atomic E-state index is 0.622. The third kappa shape index (κ3) is 4.54. The average molecular weight is 294 g/mol. The molecule has 0 fully saturated rings. The molecule has 0 bridgehead atoms. The molecule has 0 aliphatic rings. The van der Waals surface area contributed by atoms with Gasteiger partial charge in [-0.05, 0) is 17.2 Å². The fourth-order valence-electron chi connectivity index (χ4n) is 2.04. The van der Waals surface area contributed by atoms with Crippen LogP contribution < -0.4 is 0 Å². The van der Waals surface area contributed by atoms with Crippen LogP contribution >= 0.6 is 23.2 Å². The van der Waals surface area contributed by atoms with Crippen LogP contribution in [0.3, 0.4) is 0 Å². The van der Waals surface area contributed by atoms with Crippen LogP contribution in [0, 0.1) is 0 Å². The molecule has 0 radical (unpaired) electrons. The minimum Gasteiger partial charge on any atom is -0.294 e. The van der Waals surface area contributed by atoms with Crippen LogP contribution in [-0.2, 0) is 13.1 Å². The number of rotatable bonds is 6. The molecule has 100 valence electrons. The van der Waals surface area contributed by atoms with E-state index < -0.39 is 0 Å². The van der Waals surface area contributed by atoms with Crippen LogP contribution in [0.5, 0.6) is 0 Å². The molecule has 0 N–H and O–H groups in total. The molecule has 0 amide bonds. The maximum Gasteiger partial charge on any atom is 0.0451 e. The predicted molar refractivity (Wildman–Crippen MR) is 82.7 cm³/mol. The van der Waals surface area contributed by atoms with Crippen molar-refractivity contribution in [3.05, 3.63) is 70.7 Å². The summed E-state index contributed by atoms with van der Waals surface area (Å²) in [6, 6.07) is 18.4. The first-order chi connectivity index (χ1) is 9.29. The molecule has 0 saturated carbocycles. The third-order valence-electron chi connectivity index (χ3n) is 3.00. The largest absolute Gasteiger partial charge is 0.294 e. The summed E-state index contributed by atoms with van der Waals surface area (Å²) < 4.78 is 0. The zero-order valence-electron chi connectivity index (χ0n) is 10.7. The van der Waals surface area contributed by atoms with Gasteiger partial charge in [0.1, 0.15) is 0 Å². The Bertz CT molecular complexity index is 499. The normalized spacial score (nSPS) is 10.9. The number of benzene rings is 2. The molecule has 0 saturated heterocycles. The first-order valence-electron chi connectivity index (χ1n) is 6.35. The zero-order valence-corrected chi connectivity index (χ0v) is 12.2. The van der Waals surface area contributed by atoms with Gasteiger partial charge in [0.25, 0.3) is 0 Å². The van der Waals surface area contributed by atoms with Crippen LogP contribution in [0.15, 0.2) is 54.6 Å². The van der Waals surface area contributed by atoms with Crippen molar-refractivity contribution in [3.63, 3.8) is 0 Å². The van der Waals surface area contributed by atoms with Gasteiger partial charge in [0, 0.05) is 30.5 Å². The van der Waals surface area contributed by atoms with E-state index in [1.165, 1.54) is 5.56 Å². The molecule has 3 heteroatoms. The lowest BCUT2D eigenvalue weighted by atomic mass is 10.1. The molecule has 19 heavy (non-hydrogen) atoms. The molecular formula is C16H17Cl2N. The molecule has 0 aliphatic carbocycles. The highest BCUT2D eigenvalue weighted by Crippen LogP contribution is 2.18. The van der Waals surface area contributed by atoms with Crippen molar-refractivity contribution in [3.8, 4) is 0 Å². The molecule has 2 rings (SSSR count). The van der Waals surface area contributed by atoms with Crippen LogP contribution in [0.25, 0.3) is 0 Å². The van der Waals surface area contributed by atoms with Crippen LogP contribution in [0.1, 0.15) is 11.1 Å². The lowest BCUT2D eigenvalue weighted by Crippen LogP contribution is -2.25. The number of hydrogen-bond donors (Lipinski definition) is 0.